The molecule has 0 unspecified atom stereocenters. The lowest BCUT2D eigenvalue weighted by molar-refractivity contribution is -0.132. The summed E-state index contributed by atoms with van der Waals surface area (Å²) < 4.78 is 19.6. The lowest BCUT2D eigenvalue weighted by atomic mass is 9.97. The van der Waals surface area contributed by atoms with Crippen LogP contribution in [0.1, 0.15) is 24.1 Å². The maximum absolute atomic E-state index is 13.8. The van der Waals surface area contributed by atoms with Gasteiger partial charge in [-0.2, -0.15) is 0 Å². The summed E-state index contributed by atoms with van der Waals surface area (Å²) in [5, 5.41) is 0.293. The van der Waals surface area contributed by atoms with Crippen LogP contribution in [0, 0.1) is 18.7 Å². The molecule has 1 fully saturated rings. The molecule has 2 heterocycles. The predicted octanol–water partition coefficient (Wildman–Crippen LogP) is 3.44. The number of ether oxygens (including phenoxy) is 1. The Labute approximate surface area is 157 Å². The average molecular weight is 378 g/mol. The molecule has 7 heteroatoms. The molecule has 3 rings (SSSR count). The van der Waals surface area contributed by atoms with Gasteiger partial charge in [-0.25, -0.2) is 14.4 Å². The number of halogens is 2. The van der Waals surface area contributed by atoms with E-state index in [1.807, 2.05) is 6.92 Å². The molecule has 0 bridgehead atoms. The van der Waals surface area contributed by atoms with Gasteiger partial charge in [-0.1, -0.05) is 17.7 Å². The number of likely N-dealkylation sites (tertiary alicyclic amines) is 1. The van der Waals surface area contributed by atoms with Crippen LogP contribution in [0.4, 0.5) is 4.39 Å². The van der Waals surface area contributed by atoms with Crippen molar-refractivity contribution in [2.24, 2.45) is 5.92 Å². The number of amides is 1. The molecule has 1 aliphatic heterocycles. The van der Waals surface area contributed by atoms with Crippen LogP contribution in [0.3, 0.4) is 0 Å². The number of piperidine rings is 1. The van der Waals surface area contributed by atoms with Gasteiger partial charge in [0, 0.05) is 35.4 Å². The largest absolute Gasteiger partial charge is 0.477 e. The molecule has 0 N–H and O–H groups in total. The molecule has 0 aliphatic carbocycles. The third-order valence-electron chi connectivity index (χ3n) is 4.60. The molecular formula is C19H21ClFN3O2. The van der Waals surface area contributed by atoms with Crippen LogP contribution >= 0.6 is 11.6 Å². The molecule has 0 radical (unpaired) electrons. The Kier molecular flexibility index (Phi) is 6.04. The summed E-state index contributed by atoms with van der Waals surface area (Å²) in [6, 6.07) is 6.27. The zero-order chi connectivity index (χ0) is 18.5. The maximum Gasteiger partial charge on any atom is 0.227 e. The molecule has 0 atom stereocenters. The highest BCUT2D eigenvalue weighted by Gasteiger charge is 2.24. The monoisotopic (exact) mass is 377 g/mol. The standard InChI is InChI=1S/C19H21ClFN3O2/c1-13-9-18(23-12-22-13)26-11-14-5-7-24(8-6-14)19(25)10-15-16(20)3-2-4-17(15)21/h2-4,9,12,14H,5-8,10-11H2,1H3. The Morgan fingerprint density at radius 1 is 1.35 bits per heavy atom. The van der Waals surface area contributed by atoms with E-state index in [0.717, 1.165) is 18.5 Å². The van der Waals surface area contributed by atoms with Crippen LogP contribution < -0.4 is 4.74 Å². The fourth-order valence-corrected chi connectivity index (χ4v) is 3.26. The van der Waals surface area contributed by atoms with Crippen molar-refractivity contribution in [1.29, 1.82) is 0 Å². The van der Waals surface area contributed by atoms with Crippen molar-refractivity contribution in [3.63, 3.8) is 0 Å². The Bertz CT molecular complexity index is 759. The van der Waals surface area contributed by atoms with E-state index in [0.29, 0.717) is 36.5 Å². The van der Waals surface area contributed by atoms with Crippen molar-refractivity contribution < 1.29 is 13.9 Å². The summed E-state index contributed by atoms with van der Waals surface area (Å²) in [4.78, 5) is 22.3. The molecule has 1 aromatic carbocycles. The van der Waals surface area contributed by atoms with Gasteiger partial charge in [0.05, 0.1) is 13.0 Å². The minimum absolute atomic E-state index is 0.00706. The lowest BCUT2D eigenvalue weighted by Gasteiger charge is -2.32. The van der Waals surface area contributed by atoms with Crippen molar-refractivity contribution >= 4 is 17.5 Å². The zero-order valence-electron chi connectivity index (χ0n) is 14.6. The van der Waals surface area contributed by atoms with E-state index < -0.39 is 5.82 Å². The van der Waals surface area contributed by atoms with E-state index in [9.17, 15) is 9.18 Å². The van der Waals surface area contributed by atoms with Crippen molar-refractivity contribution in [2.45, 2.75) is 26.2 Å². The number of hydrogen-bond donors (Lipinski definition) is 0. The molecule has 1 amide bonds. The lowest BCUT2D eigenvalue weighted by Crippen LogP contribution is -2.40. The highest BCUT2D eigenvalue weighted by molar-refractivity contribution is 6.31. The first-order chi connectivity index (χ1) is 12.5. The summed E-state index contributed by atoms with van der Waals surface area (Å²) in [6.07, 6.45) is 3.17. The van der Waals surface area contributed by atoms with Gasteiger partial charge in [-0.3, -0.25) is 4.79 Å². The smallest absolute Gasteiger partial charge is 0.227 e. The van der Waals surface area contributed by atoms with Gasteiger partial charge >= 0.3 is 0 Å². The topological polar surface area (TPSA) is 55.3 Å². The molecule has 0 spiro atoms. The normalized spacial score (nSPS) is 15.1. The van der Waals surface area contributed by atoms with E-state index >= 15 is 0 Å². The fourth-order valence-electron chi connectivity index (χ4n) is 3.03. The van der Waals surface area contributed by atoms with E-state index in [4.69, 9.17) is 16.3 Å². The van der Waals surface area contributed by atoms with Crippen molar-refractivity contribution in [3.8, 4) is 5.88 Å². The van der Waals surface area contributed by atoms with Crippen molar-refractivity contribution in [2.75, 3.05) is 19.7 Å². The molecule has 26 heavy (non-hydrogen) atoms. The van der Waals surface area contributed by atoms with Gasteiger partial charge in [0.2, 0.25) is 11.8 Å². The predicted molar refractivity (Wildman–Crippen MR) is 96.7 cm³/mol. The summed E-state index contributed by atoms with van der Waals surface area (Å²) in [7, 11) is 0. The zero-order valence-corrected chi connectivity index (χ0v) is 15.4. The number of aryl methyl sites for hydroxylation is 1. The van der Waals surface area contributed by atoms with Gasteiger partial charge in [-0.15, -0.1) is 0 Å². The van der Waals surface area contributed by atoms with E-state index in [1.165, 1.54) is 18.5 Å². The van der Waals surface area contributed by atoms with Gasteiger partial charge in [0.1, 0.15) is 12.1 Å². The SMILES string of the molecule is Cc1cc(OCC2CCN(C(=O)Cc3c(F)cccc3Cl)CC2)ncn1. The molecule has 1 saturated heterocycles. The summed E-state index contributed by atoms with van der Waals surface area (Å²) in [6.45, 7) is 3.74. The number of nitrogens with zero attached hydrogens (tertiary/aromatic N) is 3. The maximum atomic E-state index is 13.8. The Morgan fingerprint density at radius 2 is 2.12 bits per heavy atom. The summed E-state index contributed by atoms with van der Waals surface area (Å²) in [5.41, 5.74) is 1.13. The van der Waals surface area contributed by atoms with Gasteiger partial charge in [0.15, 0.2) is 0 Å². The number of aromatic nitrogens is 2. The van der Waals surface area contributed by atoms with Gasteiger partial charge in [0.25, 0.3) is 0 Å². The van der Waals surface area contributed by atoms with E-state index in [1.54, 1.807) is 17.0 Å². The van der Waals surface area contributed by atoms with Crippen molar-refractivity contribution in [1.82, 2.24) is 14.9 Å². The summed E-state index contributed by atoms with van der Waals surface area (Å²) in [5.74, 6) is 0.411. The van der Waals surface area contributed by atoms with Gasteiger partial charge < -0.3 is 9.64 Å². The first kappa shape index (κ1) is 18.6. The molecule has 2 aromatic rings. The first-order valence-electron chi connectivity index (χ1n) is 8.65. The minimum Gasteiger partial charge on any atom is -0.477 e. The number of benzene rings is 1. The second kappa shape index (κ2) is 8.45. The average Bonchev–Trinajstić information content (AvgIpc) is 2.63. The van der Waals surface area contributed by atoms with Crippen LogP contribution in [0.15, 0.2) is 30.6 Å². The third kappa shape index (κ3) is 4.69. The Hall–Kier alpha value is -2.21. The molecule has 5 nitrogen and oxygen atoms in total. The molecule has 1 aliphatic rings. The number of carbonyl (C=O) groups excluding carboxylic acids is 1. The quantitative estimate of drug-likeness (QED) is 0.801. The minimum atomic E-state index is -0.436. The second-order valence-electron chi connectivity index (χ2n) is 6.51. The highest BCUT2D eigenvalue weighted by Crippen LogP contribution is 2.23. The van der Waals surface area contributed by atoms with Crippen LogP contribution in [-0.2, 0) is 11.2 Å². The number of rotatable bonds is 5. The van der Waals surface area contributed by atoms with Crippen LogP contribution in [0.5, 0.6) is 5.88 Å². The van der Waals surface area contributed by atoms with Gasteiger partial charge in [-0.05, 0) is 37.8 Å². The molecule has 1 aromatic heterocycles. The Balaban J connectivity index is 1.48. The number of carbonyl (C=O) groups is 1. The third-order valence-corrected chi connectivity index (χ3v) is 4.96. The second-order valence-corrected chi connectivity index (χ2v) is 6.92. The van der Waals surface area contributed by atoms with Crippen LogP contribution in [-0.4, -0.2) is 40.5 Å². The first-order valence-corrected chi connectivity index (χ1v) is 9.03. The Morgan fingerprint density at radius 3 is 2.81 bits per heavy atom. The van der Waals surface area contributed by atoms with Crippen molar-refractivity contribution in [3.05, 3.63) is 52.7 Å². The molecule has 138 valence electrons. The number of hydrogen-bond acceptors (Lipinski definition) is 4. The van der Waals surface area contributed by atoms with Crippen LogP contribution in [0.25, 0.3) is 0 Å². The van der Waals surface area contributed by atoms with E-state index in [2.05, 4.69) is 9.97 Å². The molecule has 0 saturated carbocycles. The highest BCUT2D eigenvalue weighted by atomic mass is 35.5. The van der Waals surface area contributed by atoms with E-state index in [-0.39, 0.29) is 17.9 Å². The summed E-state index contributed by atoms with van der Waals surface area (Å²) >= 11 is 6.01. The molecular weight excluding hydrogens is 357 g/mol. The fraction of sp³-hybridized carbons (Fsp3) is 0.421. The van der Waals surface area contributed by atoms with Crippen LogP contribution in [0.2, 0.25) is 5.02 Å².